The summed E-state index contributed by atoms with van der Waals surface area (Å²) in [6.45, 7) is 1.41. The van der Waals surface area contributed by atoms with Gasteiger partial charge in [0, 0.05) is 38.2 Å². The molecule has 1 aliphatic heterocycles. The van der Waals surface area contributed by atoms with Crippen LogP contribution < -0.4 is 5.32 Å². The predicted octanol–water partition coefficient (Wildman–Crippen LogP) is 2.38. The molecule has 0 aliphatic carbocycles. The van der Waals surface area contributed by atoms with E-state index in [9.17, 15) is 4.79 Å². The minimum atomic E-state index is -0.156. The lowest BCUT2D eigenvalue weighted by Gasteiger charge is -2.30. The van der Waals surface area contributed by atoms with Crippen molar-refractivity contribution in [1.82, 2.24) is 14.9 Å². The van der Waals surface area contributed by atoms with Crippen molar-refractivity contribution in [2.24, 2.45) is 13.0 Å². The normalized spacial score (nSPS) is 16.2. The van der Waals surface area contributed by atoms with Gasteiger partial charge in [0.15, 0.2) is 0 Å². The van der Waals surface area contributed by atoms with Gasteiger partial charge in [-0.2, -0.15) is 5.26 Å². The number of rotatable bonds is 5. The summed E-state index contributed by atoms with van der Waals surface area (Å²) in [5.74, 6) is 1.01. The van der Waals surface area contributed by atoms with Gasteiger partial charge in [-0.05, 0) is 36.5 Å². The van der Waals surface area contributed by atoms with E-state index in [1.807, 2.05) is 29.9 Å². The van der Waals surface area contributed by atoms with Gasteiger partial charge in [0.2, 0.25) is 0 Å². The summed E-state index contributed by atoms with van der Waals surface area (Å²) in [6.07, 6.45) is 5.73. The van der Waals surface area contributed by atoms with E-state index >= 15 is 0 Å². The number of aryl methyl sites for hydroxylation is 1. The zero-order valence-corrected chi connectivity index (χ0v) is 14.3. The van der Waals surface area contributed by atoms with Crippen LogP contribution in [0.25, 0.3) is 0 Å². The van der Waals surface area contributed by atoms with Gasteiger partial charge in [-0.1, -0.05) is 12.1 Å². The average Bonchev–Trinajstić information content (AvgIpc) is 3.06. The first-order valence-electron chi connectivity index (χ1n) is 8.50. The lowest BCUT2D eigenvalue weighted by molar-refractivity contribution is 0.0499. The van der Waals surface area contributed by atoms with Crippen LogP contribution in [0, 0.1) is 17.2 Å². The molecule has 130 valence electrons. The molecule has 1 aromatic heterocycles. The van der Waals surface area contributed by atoms with Crippen molar-refractivity contribution >= 4 is 5.91 Å². The molecule has 2 heterocycles. The first kappa shape index (κ1) is 17.2. The summed E-state index contributed by atoms with van der Waals surface area (Å²) >= 11 is 0. The topological polar surface area (TPSA) is 79.9 Å². The monoisotopic (exact) mass is 338 g/mol. The molecule has 1 atom stereocenters. The number of hydrogen-bond donors (Lipinski definition) is 1. The van der Waals surface area contributed by atoms with Gasteiger partial charge in [-0.3, -0.25) is 4.79 Å². The Balaban J connectivity index is 1.82. The van der Waals surface area contributed by atoms with Crippen LogP contribution in [0.4, 0.5) is 0 Å². The highest BCUT2D eigenvalue weighted by atomic mass is 16.5. The molecule has 0 radical (unpaired) electrons. The minimum Gasteiger partial charge on any atom is -0.381 e. The van der Waals surface area contributed by atoms with Crippen LogP contribution in [0.5, 0.6) is 0 Å². The van der Waals surface area contributed by atoms with Crippen LogP contribution in [0.1, 0.15) is 40.6 Å². The fraction of sp³-hybridized carbons (Fsp3) is 0.421. The number of carbonyl (C=O) groups is 1. The van der Waals surface area contributed by atoms with Crippen LogP contribution in [0.15, 0.2) is 36.7 Å². The molecule has 3 rings (SSSR count). The fourth-order valence-corrected chi connectivity index (χ4v) is 3.26. The number of nitrogens with zero attached hydrogens (tertiary/aromatic N) is 3. The van der Waals surface area contributed by atoms with Crippen LogP contribution in [0.2, 0.25) is 0 Å². The highest BCUT2D eigenvalue weighted by Crippen LogP contribution is 2.29. The second kappa shape index (κ2) is 7.95. The molecule has 2 aromatic rings. The Morgan fingerprint density at radius 1 is 1.48 bits per heavy atom. The summed E-state index contributed by atoms with van der Waals surface area (Å²) in [5, 5.41) is 12.0. The van der Waals surface area contributed by atoms with E-state index in [2.05, 4.69) is 16.4 Å². The van der Waals surface area contributed by atoms with Crippen molar-refractivity contribution in [1.29, 1.82) is 5.26 Å². The van der Waals surface area contributed by atoms with E-state index in [1.54, 1.807) is 18.3 Å². The maximum atomic E-state index is 12.8. The number of aromatic nitrogens is 2. The summed E-state index contributed by atoms with van der Waals surface area (Å²) in [5.41, 5.74) is 1.41. The van der Waals surface area contributed by atoms with Gasteiger partial charge in [-0.25, -0.2) is 4.98 Å². The third-order valence-corrected chi connectivity index (χ3v) is 4.63. The number of imidazole rings is 1. The molecule has 1 N–H and O–H groups in total. The van der Waals surface area contributed by atoms with E-state index in [0.717, 1.165) is 24.2 Å². The minimum absolute atomic E-state index is 0.140. The van der Waals surface area contributed by atoms with Crippen molar-refractivity contribution < 1.29 is 9.53 Å². The second-order valence-electron chi connectivity index (χ2n) is 6.33. The zero-order valence-electron chi connectivity index (χ0n) is 14.3. The Kier molecular flexibility index (Phi) is 5.46. The molecule has 6 heteroatoms. The van der Waals surface area contributed by atoms with Gasteiger partial charge in [0.25, 0.3) is 5.91 Å². The molecule has 1 unspecified atom stereocenters. The largest absolute Gasteiger partial charge is 0.381 e. The number of nitriles is 1. The fourth-order valence-electron chi connectivity index (χ4n) is 3.26. The number of hydrogen-bond acceptors (Lipinski definition) is 4. The number of nitrogens with one attached hydrogen (secondary N) is 1. The second-order valence-corrected chi connectivity index (χ2v) is 6.33. The smallest absolute Gasteiger partial charge is 0.251 e. The molecule has 1 aromatic carbocycles. The van der Waals surface area contributed by atoms with Crippen LogP contribution in [-0.4, -0.2) is 28.7 Å². The molecule has 1 aliphatic rings. The van der Waals surface area contributed by atoms with E-state index in [1.165, 1.54) is 0 Å². The maximum Gasteiger partial charge on any atom is 0.251 e. The van der Waals surface area contributed by atoms with Crippen LogP contribution in [0.3, 0.4) is 0 Å². The first-order valence-corrected chi connectivity index (χ1v) is 8.50. The Labute approximate surface area is 147 Å². The summed E-state index contributed by atoms with van der Waals surface area (Å²) < 4.78 is 7.41. The number of benzene rings is 1. The highest BCUT2D eigenvalue weighted by Gasteiger charge is 2.29. The lowest BCUT2D eigenvalue weighted by atomic mass is 9.90. The van der Waals surface area contributed by atoms with Gasteiger partial charge in [-0.15, -0.1) is 0 Å². The third-order valence-electron chi connectivity index (χ3n) is 4.63. The van der Waals surface area contributed by atoms with Gasteiger partial charge >= 0.3 is 0 Å². The van der Waals surface area contributed by atoms with E-state index in [-0.39, 0.29) is 11.9 Å². The van der Waals surface area contributed by atoms with Crippen molar-refractivity contribution in [3.05, 3.63) is 53.6 Å². The standard InChI is InChI=1S/C19H22N4O2/c1-23-10-9-21-18(23)17(15-6-11-25-12-7-15)22-19(24)16-4-2-3-14(13-16)5-8-20/h2-4,9-10,13,15,17H,5-7,11-12H2,1H3,(H,22,24). The molecule has 1 fully saturated rings. The van der Waals surface area contributed by atoms with Gasteiger partial charge in [0.1, 0.15) is 5.82 Å². The lowest BCUT2D eigenvalue weighted by Crippen LogP contribution is -2.37. The summed E-state index contributed by atoms with van der Waals surface area (Å²) in [6, 6.07) is 9.17. The summed E-state index contributed by atoms with van der Waals surface area (Å²) in [7, 11) is 1.94. The molecule has 0 saturated carbocycles. The molecule has 25 heavy (non-hydrogen) atoms. The molecular weight excluding hydrogens is 316 g/mol. The van der Waals surface area contributed by atoms with Crippen LogP contribution in [-0.2, 0) is 18.2 Å². The molecule has 0 bridgehead atoms. The maximum absolute atomic E-state index is 12.8. The summed E-state index contributed by atoms with van der Waals surface area (Å²) in [4.78, 5) is 17.2. The van der Waals surface area contributed by atoms with Crippen molar-refractivity contribution in [2.75, 3.05) is 13.2 Å². The van der Waals surface area contributed by atoms with Crippen molar-refractivity contribution in [3.8, 4) is 6.07 Å². The zero-order chi connectivity index (χ0) is 17.6. The van der Waals surface area contributed by atoms with Gasteiger partial charge < -0.3 is 14.6 Å². The van der Waals surface area contributed by atoms with Crippen LogP contribution >= 0.6 is 0 Å². The molecule has 0 spiro atoms. The van der Waals surface area contributed by atoms with Crippen molar-refractivity contribution in [2.45, 2.75) is 25.3 Å². The highest BCUT2D eigenvalue weighted by molar-refractivity contribution is 5.94. The average molecular weight is 338 g/mol. The molecule has 6 nitrogen and oxygen atoms in total. The number of amides is 1. The Bertz CT molecular complexity index is 772. The SMILES string of the molecule is Cn1ccnc1C(NC(=O)c1cccc(CC#N)c1)C1CCOCC1. The number of carbonyl (C=O) groups excluding carboxylic acids is 1. The predicted molar refractivity (Wildman–Crippen MR) is 92.7 cm³/mol. The van der Waals surface area contributed by atoms with Crippen molar-refractivity contribution in [3.63, 3.8) is 0 Å². The quantitative estimate of drug-likeness (QED) is 0.908. The first-order chi connectivity index (χ1) is 12.2. The third kappa shape index (κ3) is 4.06. The molecule has 1 amide bonds. The Morgan fingerprint density at radius 3 is 2.96 bits per heavy atom. The Morgan fingerprint density at radius 2 is 2.28 bits per heavy atom. The molecule has 1 saturated heterocycles. The number of ether oxygens (including phenoxy) is 1. The van der Waals surface area contributed by atoms with E-state index in [0.29, 0.717) is 31.1 Å². The van der Waals surface area contributed by atoms with E-state index in [4.69, 9.17) is 10.00 Å². The van der Waals surface area contributed by atoms with Gasteiger partial charge in [0.05, 0.1) is 18.5 Å². The molecular formula is C19H22N4O2. The Hall–Kier alpha value is -2.65. The van der Waals surface area contributed by atoms with E-state index < -0.39 is 0 Å².